The summed E-state index contributed by atoms with van der Waals surface area (Å²) in [5, 5.41) is 14.9. The Morgan fingerprint density at radius 2 is 2.37 bits per heavy atom. The summed E-state index contributed by atoms with van der Waals surface area (Å²) >= 11 is 0. The average molecular weight is 259 g/mol. The number of benzene rings is 1. The Balaban J connectivity index is 2.02. The van der Waals surface area contributed by atoms with Crippen LogP contribution in [0.2, 0.25) is 0 Å². The zero-order valence-corrected chi connectivity index (χ0v) is 10.8. The van der Waals surface area contributed by atoms with Gasteiger partial charge in [0.25, 0.3) is 0 Å². The fraction of sp³-hybridized carbons (Fsp3) is 0.429. The van der Waals surface area contributed by atoms with Gasteiger partial charge in [0.05, 0.1) is 30.8 Å². The third-order valence-corrected chi connectivity index (χ3v) is 3.14. The van der Waals surface area contributed by atoms with Crippen LogP contribution in [0, 0.1) is 17.2 Å². The lowest BCUT2D eigenvalue weighted by Gasteiger charge is -2.17. The quantitative estimate of drug-likeness (QED) is 0.849. The highest BCUT2D eigenvalue weighted by Crippen LogP contribution is 2.17. The lowest BCUT2D eigenvalue weighted by molar-refractivity contribution is -0.120. The predicted molar refractivity (Wildman–Crippen MR) is 71.6 cm³/mol. The summed E-state index contributed by atoms with van der Waals surface area (Å²) in [6, 6.07) is 9.00. The van der Waals surface area contributed by atoms with E-state index < -0.39 is 0 Å². The molecule has 0 bridgehead atoms. The normalized spacial score (nSPS) is 21.9. The summed E-state index contributed by atoms with van der Waals surface area (Å²) in [7, 11) is 0. The third-order valence-electron chi connectivity index (χ3n) is 3.14. The van der Waals surface area contributed by atoms with Crippen LogP contribution in [0.4, 0.5) is 5.69 Å². The largest absolute Gasteiger partial charge is 0.379 e. The molecular formula is C14H17N3O2. The molecular weight excluding hydrogens is 242 g/mol. The molecule has 0 aromatic heterocycles. The molecule has 5 nitrogen and oxygen atoms in total. The van der Waals surface area contributed by atoms with Crippen molar-refractivity contribution < 1.29 is 9.53 Å². The first-order valence-corrected chi connectivity index (χ1v) is 6.36. The number of nitrogens with one attached hydrogen (secondary N) is 2. The molecule has 2 rings (SSSR count). The molecule has 2 atom stereocenters. The molecule has 1 aliphatic rings. The minimum Gasteiger partial charge on any atom is -0.379 e. The minimum absolute atomic E-state index is 0.0594. The first-order valence-electron chi connectivity index (χ1n) is 6.36. The Hall–Kier alpha value is -1.90. The molecule has 1 amide bonds. The molecule has 1 fully saturated rings. The van der Waals surface area contributed by atoms with E-state index >= 15 is 0 Å². The molecule has 5 heteroatoms. The van der Waals surface area contributed by atoms with Gasteiger partial charge in [-0.15, -0.1) is 0 Å². The van der Waals surface area contributed by atoms with E-state index in [1.165, 1.54) is 0 Å². The van der Waals surface area contributed by atoms with Crippen LogP contribution in [0.5, 0.6) is 0 Å². The number of carbonyl (C=O) groups excluding carboxylic acids is 1. The van der Waals surface area contributed by atoms with Crippen molar-refractivity contribution >= 4 is 11.6 Å². The first-order chi connectivity index (χ1) is 9.24. The molecule has 2 N–H and O–H groups in total. The van der Waals surface area contributed by atoms with E-state index in [0.29, 0.717) is 24.5 Å². The molecule has 100 valence electrons. The van der Waals surface area contributed by atoms with Crippen molar-refractivity contribution in [3.8, 4) is 6.07 Å². The summed E-state index contributed by atoms with van der Waals surface area (Å²) < 4.78 is 5.35. The smallest absolute Gasteiger partial charge is 0.231 e. The Bertz CT molecular complexity index is 496. The number of hydrogen-bond acceptors (Lipinski definition) is 4. The lowest BCUT2D eigenvalue weighted by Crippen LogP contribution is -2.41. The van der Waals surface area contributed by atoms with Gasteiger partial charge in [0.2, 0.25) is 5.91 Å². The van der Waals surface area contributed by atoms with Crippen LogP contribution < -0.4 is 10.6 Å². The number of rotatable bonds is 4. The molecule has 1 aliphatic heterocycles. The van der Waals surface area contributed by atoms with Gasteiger partial charge in [-0.3, -0.25) is 4.79 Å². The molecule has 0 radical (unpaired) electrons. The van der Waals surface area contributed by atoms with Crippen LogP contribution in [0.1, 0.15) is 12.5 Å². The molecule has 1 heterocycles. The van der Waals surface area contributed by atoms with E-state index in [1.807, 2.05) is 6.92 Å². The molecule has 0 aliphatic carbocycles. The minimum atomic E-state index is -0.189. The Kier molecular flexibility index (Phi) is 4.50. The summed E-state index contributed by atoms with van der Waals surface area (Å²) in [4.78, 5) is 12.2. The van der Waals surface area contributed by atoms with Crippen molar-refractivity contribution in [2.45, 2.75) is 13.0 Å². The molecule has 0 saturated carbocycles. The highest BCUT2D eigenvalue weighted by molar-refractivity contribution is 5.93. The van der Waals surface area contributed by atoms with Crippen molar-refractivity contribution in [1.82, 2.24) is 5.32 Å². The van der Waals surface area contributed by atoms with E-state index in [4.69, 9.17) is 10.00 Å². The predicted octanol–water partition coefficient (Wildman–Crippen LogP) is 1.12. The van der Waals surface area contributed by atoms with Crippen LogP contribution in [0.3, 0.4) is 0 Å². The van der Waals surface area contributed by atoms with Crippen LogP contribution in [-0.4, -0.2) is 31.7 Å². The SMILES string of the molecule is CCNC1COCC1C(=O)Nc1cccc(C#N)c1. The summed E-state index contributed by atoms with van der Waals surface area (Å²) in [6.45, 7) is 3.80. The second-order valence-electron chi connectivity index (χ2n) is 4.49. The number of anilines is 1. The van der Waals surface area contributed by atoms with Crippen LogP contribution >= 0.6 is 0 Å². The number of ether oxygens (including phenoxy) is 1. The molecule has 1 aromatic rings. The number of hydrogen-bond donors (Lipinski definition) is 2. The highest BCUT2D eigenvalue weighted by Gasteiger charge is 2.33. The van der Waals surface area contributed by atoms with E-state index in [-0.39, 0.29) is 17.9 Å². The number of carbonyl (C=O) groups is 1. The van der Waals surface area contributed by atoms with Crippen molar-refractivity contribution in [2.24, 2.45) is 5.92 Å². The first kappa shape index (κ1) is 13.5. The van der Waals surface area contributed by atoms with Gasteiger partial charge in [0.1, 0.15) is 0 Å². The van der Waals surface area contributed by atoms with E-state index in [9.17, 15) is 4.79 Å². The second kappa shape index (κ2) is 6.32. The summed E-state index contributed by atoms with van der Waals surface area (Å²) in [5.41, 5.74) is 1.18. The average Bonchev–Trinajstić information content (AvgIpc) is 2.88. The summed E-state index contributed by atoms with van der Waals surface area (Å²) in [6.07, 6.45) is 0. The van der Waals surface area contributed by atoms with Gasteiger partial charge in [0, 0.05) is 11.7 Å². The maximum Gasteiger partial charge on any atom is 0.231 e. The summed E-state index contributed by atoms with van der Waals surface area (Å²) in [5.74, 6) is -0.260. The zero-order chi connectivity index (χ0) is 13.7. The van der Waals surface area contributed by atoms with Crippen molar-refractivity contribution in [3.05, 3.63) is 29.8 Å². The molecule has 0 spiro atoms. The number of likely N-dealkylation sites (N-methyl/N-ethyl adjacent to an activating group) is 1. The standard InChI is InChI=1S/C14H17N3O2/c1-2-16-13-9-19-8-12(13)14(18)17-11-5-3-4-10(6-11)7-15/h3-6,12-13,16H,2,8-9H2,1H3,(H,17,18). The van der Waals surface area contributed by atoms with Crippen molar-refractivity contribution in [1.29, 1.82) is 5.26 Å². The van der Waals surface area contributed by atoms with Gasteiger partial charge in [-0.25, -0.2) is 0 Å². The molecule has 1 aromatic carbocycles. The van der Waals surface area contributed by atoms with Gasteiger partial charge in [-0.2, -0.15) is 5.26 Å². The van der Waals surface area contributed by atoms with Crippen LogP contribution in [0.25, 0.3) is 0 Å². The Morgan fingerprint density at radius 1 is 1.53 bits per heavy atom. The highest BCUT2D eigenvalue weighted by atomic mass is 16.5. The topological polar surface area (TPSA) is 74.2 Å². The second-order valence-corrected chi connectivity index (χ2v) is 4.49. The molecule has 1 saturated heterocycles. The lowest BCUT2D eigenvalue weighted by atomic mass is 10.0. The van der Waals surface area contributed by atoms with Crippen molar-refractivity contribution in [3.63, 3.8) is 0 Å². The van der Waals surface area contributed by atoms with E-state index in [0.717, 1.165) is 6.54 Å². The monoisotopic (exact) mass is 259 g/mol. The van der Waals surface area contributed by atoms with Gasteiger partial charge < -0.3 is 15.4 Å². The maximum atomic E-state index is 12.2. The van der Waals surface area contributed by atoms with Crippen molar-refractivity contribution in [2.75, 3.05) is 25.1 Å². The van der Waals surface area contributed by atoms with Gasteiger partial charge in [-0.1, -0.05) is 13.0 Å². The number of nitriles is 1. The number of nitrogens with zero attached hydrogens (tertiary/aromatic N) is 1. The maximum absolute atomic E-state index is 12.2. The molecule has 2 unspecified atom stereocenters. The van der Waals surface area contributed by atoms with E-state index in [2.05, 4.69) is 16.7 Å². The van der Waals surface area contributed by atoms with E-state index in [1.54, 1.807) is 24.3 Å². The third kappa shape index (κ3) is 3.31. The van der Waals surface area contributed by atoms with Gasteiger partial charge >= 0.3 is 0 Å². The van der Waals surface area contributed by atoms with Crippen LogP contribution in [0.15, 0.2) is 24.3 Å². The fourth-order valence-corrected chi connectivity index (χ4v) is 2.18. The van der Waals surface area contributed by atoms with Crippen LogP contribution in [-0.2, 0) is 9.53 Å². The Morgan fingerprint density at radius 3 is 3.11 bits per heavy atom. The number of amides is 1. The molecule has 19 heavy (non-hydrogen) atoms. The van der Waals surface area contributed by atoms with Gasteiger partial charge in [-0.05, 0) is 24.7 Å². The zero-order valence-electron chi connectivity index (χ0n) is 10.8. The fourth-order valence-electron chi connectivity index (χ4n) is 2.18. The Labute approximate surface area is 112 Å². The van der Waals surface area contributed by atoms with Gasteiger partial charge in [0.15, 0.2) is 0 Å².